The number of nitrogens with one attached hydrogen (secondary N) is 1. The van der Waals surface area contributed by atoms with Crippen LogP contribution in [0.2, 0.25) is 10.0 Å². The number of amides is 1. The zero-order chi connectivity index (χ0) is 17.1. The third-order valence-corrected chi connectivity index (χ3v) is 4.78. The molecular weight excluding hydrogens is 345 g/mol. The highest BCUT2D eigenvalue weighted by Gasteiger charge is 2.20. The number of benzene rings is 2. The van der Waals surface area contributed by atoms with Gasteiger partial charge in [0, 0.05) is 5.02 Å². The van der Waals surface area contributed by atoms with Crippen molar-refractivity contribution in [3.05, 3.63) is 57.6 Å². The quantitative estimate of drug-likeness (QED) is 0.802. The molecule has 0 heterocycles. The van der Waals surface area contributed by atoms with E-state index in [1.165, 1.54) is 17.5 Å². The van der Waals surface area contributed by atoms with Crippen molar-refractivity contribution in [3.63, 3.8) is 0 Å². The molecule has 3 nitrogen and oxygen atoms in total. The molecule has 3 rings (SSSR count). The van der Waals surface area contributed by atoms with Crippen molar-refractivity contribution in [1.29, 1.82) is 0 Å². The maximum Gasteiger partial charge on any atom is 0.265 e. The average Bonchev–Trinajstić information content (AvgIpc) is 2.58. The van der Waals surface area contributed by atoms with E-state index in [0.717, 1.165) is 25.0 Å². The predicted molar refractivity (Wildman–Crippen MR) is 98.3 cm³/mol. The molecule has 0 aromatic heterocycles. The Bertz CT molecular complexity index is 761. The van der Waals surface area contributed by atoms with Gasteiger partial charge in [0.05, 0.1) is 10.7 Å². The Hall–Kier alpha value is -1.71. The monoisotopic (exact) mass is 363 g/mol. The van der Waals surface area contributed by atoms with Gasteiger partial charge in [-0.25, -0.2) is 0 Å². The number of ether oxygens (including phenoxy) is 1. The molecule has 24 heavy (non-hydrogen) atoms. The highest BCUT2D eigenvalue weighted by Crippen LogP contribution is 2.30. The second-order valence-corrected chi connectivity index (χ2v) is 6.82. The van der Waals surface area contributed by atoms with Crippen LogP contribution in [0.5, 0.6) is 5.75 Å². The highest BCUT2D eigenvalue weighted by atomic mass is 35.5. The van der Waals surface area contributed by atoms with Crippen LogP contribution in [0.15, 0.2) is 36.4 Å². The molecule has 126 valence electrons. The lowest BCUT2D eigenvalue weighted by molar-refractivity contribution is -0.122. The van der Waals surface area contributed by atoms with E-state index in [2.05, 4.69) is 11.4 Å². The Morgan fingerprint density at radius 3 is 2.79 bits per heavy atom. The van der Waals surface area contributed by atoms with Crippen LogP contribution in [0.3, 0.4) is 0 Å². The fourth-order valence-electron chi connectivity index (χ4n) is 2.93. The zero-order valence-electron chi connectivity index (χ0n) is 13.4. The van der Waals surface area contributed by atoms with E-state index in [9.17, 15) is 4.79 Å². The van der Waals surface area contributed by atoms with Gasteiger partial charge in [0.1, 0.15) is 5.75 Å². The molecule has 0 aliphatic heterocycles. The number of carbonyl (C=O) groups is 1. The second kappa shape index (κ2) is 7.45. The summed E-state index contributed by atoms with van der Waals surface area (Å²) in [5, 5.41) is 3.73. The normalized spacial score (nSPS) is 14.6. The third kappa shape index (κ3) is 3.85. The van der Waals surface area contributed by atoms with Crippen molar-refractivity contribution in [3.8, 4) is 5.75 Å². The van der Waals surface area contributed by atoms with Crippen LogP contribution in [0.25, 0.3) is 0 Å². The van der Waals surface area contributed by atoms with Gasteiger partial charge in [0.25, 0.3) is 5.91 Å². The molecule has 0 unspecified atom stereocenters. The lowest BCUT2D eigenvalue weighted by atomic mass is 9.91. The molecule has 0 saturated carbocycles. The van der Waals surface area contributed by atoms with Crippen LogP contribution >= 0.6 is 23.2 Å². The Morgan fingerprint density at radius 2 is 1.96 bits per heavy atom. The van der Waals surface area contributed by atoms with Crippen LogP contribution in [0, 0.1) is 0 Å². The number of fused-ring (bicyclic) bond motifs is 1. The second-order valence-electron chi connectivity index (χ2n) is 5.97. The number of anilines is 1. The summed E-state index contributed by atoms with van der Waals surface area (Å²) in [5.74, 6) is 0.541. The average molecular weight is 364 g/mol. The van der Waals surface area contributed by atoms with E-state index in [0.29, 0.717) is 15.7 Å². The van der Waals surface area contributed by atoms with E-state index in [4.69, 9.17) is 27.9 Å². The first-order valence-electron chi connectivity index (χ1n) is 8.08. The van der Waals surface area contributed by atoms with Crippen LogP contribution in [-0.2, 0) is 17.6 Å². The maximum atomic E-state index is 12.4. The van der Waals surface area contributed by atoms with Gasteiger partial charge in [-0.3, -0.25) is 4.79 Å². The Morgan fingerprint density at radius 1 is 1.17 bits per heavy atom. The molecule has 0 bridgehead atoms. The Balaban J connectivity index is 1.72. The van der Waals surface area contributed by atoms with Gasteiger partial charge in [-0.2, -0.15) is 0 Å². The summed E-state index contributed by atoms with van der Waals surface area (Å²) in [6, 6.07) is 11.0. The van der Waals surface area contributed by atoms with Crippen molar-refractivity contribution in [2.24, 2.45) is 0 Å². The third-order valence-electron chi connectivity index (χ3n) is 4.21. The van der Waals surface area contributed by atoms with Gasteiger partial charge in [-0.15, -0.1) is 0 Å². The highest BCUT2D eigenvalue weighted by molar-refractivity contribution is 6.35. The smallest absolute Gasteiger partial charge is 0.265 e. The van der Waals surface area contributed by atoms with E-state index in [-0.39, 0.29) is 5.91 Å². The number of hydrogen-bond acceptors (Lipinski definition) is 2. The zero-order valence-corrected chi connectivity index (χ0v) is 15.0. The van der Waals surface area contributed by atoms with Gasteiger partial charge in [0.2, 0.25) is 0 Å². The number of hydrogen-bond donors (Lipinski definition) is 1. The molecule has 1 amide bonds. The van der Waals surface area contributed by atoms with Crippen LogP contribution in [0.4, 0.5) is 5.69 Å². The minimum Gasteiger partial charge on any atom is -0.481 e. The predicted octanol–water partition coefficient (Wildman–Crippen LogP) is 5.28. The lowest BCUT2D eigenvalue weighted by Crippen LogP contribution is -2.30. The first kappa shape index (κ1) is 17.1. The van der Waals surface area contributed by atoms with Gasteiger partial charge in [-0.05, 0) is 68.0 Å². The van der Waals surface area contributed by atoms with Gasteiger partial charge >= 0.3 is 0 Å². The van der Waals surface area contributed by atoms with Crippen molar-refractivity contribution in [1.82, 2.24) is 0 Å². The Kier molecular flexibility index (Phi) is 5.32. The lowest BCUT2D eigenvalue weighted by Gasteiger charge is -2.22. The summed E-state index contributed by atoms with van der Waals surface area (Å²) >= 11 is 12.0. The Labute approximate surface area is 151 Å². The number of rotatable bonds is 4. The van der Waals surface area contributed by atoms with Gasteiger partial charge in [0.15, 0.2) is 6.10 Å². The molecule has 0 fully saturated rings. The van der Waals surface area contributed by atoms with E-state index in [1.54, 1.807) is 25.1 Å². The van der Waals surface area contributed by atoms with E-state index >= 15 is 0 Å². The molecule has 5 heteroatoms. The SMILES string of the molecule is C[C@@H](Oc1cccc2c1CCCC2)C(=O)Nc1cc(Cl)ccc1Cl. The summed E-state index contributed by atoms with van der Waals surface area (Å²) in [4.78, 5) is 12.4. The summed E-state index contributed by atoms with van der Waals surface area (Å²) in [6.07, 6.45) is 3.81. The van der Waals surface area contributed by atoms with Crippen LogP contribution in [0.1, 0.15) is 30.9 Å². The number of aryl methyl sites for hydroxylation is 1. The molecule has 2 aromatic rings. The van der Waals surface area contributed by atoms with Crippen molar-refractivity contribution < 1.29 is 9.53 Å². The summed E-state index contributed by atoms with van der Waals surface area (Å²) < 4.78 is 5.93. The van der Waals surface area contributed by atoms with Crippen LogP contribution < -0.4 is 10.1 Å². The standard InChI is InChI=1S/C19H19Cl2NO2/c1-12(19(23)22-17-11-14(20)9-10-16(17)21)24-18-8-4-6-13-5-2-3-7-15(13)18/h4,6,8-12H,2-3,5,7H2,1H3,(H,22,23)/t12-/m1/s1. The first-order valence-corrected chi connectivity index (χ1v) is 8.83. The largest absolute Gasteiger partial charge is 0.481 e. The fraction of sp³-hybridized carbons (Fsp3) is 0.316. The van der Waals surface area contributed by atoms with E-state index < -0.39 is 6.10 Å². The van der Waals surface area contributed by atoms with Crippen molar-refractivity contribution >= 4 is 34.8 Å². The minimum atomic E-state index is -0.631. The topological polar surface area (TPSA) is 38.3 Å². The first-order chi connectivity index (χ1) is 11.5. The van der Waals surface area contributed by atoms with E-state index in [1.807, 2.05) is 12.1 Å². The summed E-state index contributed by atoms with van der Waals surface area (Å²) in [5.41, 5.74) is 3.04. The van der Waals surface area contributed by atoms with Crippen molar-refractivity contribution in [2.75, 3.05) is 5.32 Å². The minimum absolute atomic E-state index is 0.257. The molecule has 1 atom stereocenters. The molecule has 1 aliphatic rings. The number of carbonyl (C=O) groups excluding carboxylic acids is 1. The van der Waals surface area contributed by atoms with Gasteiger partial charge in [-0.1, -0.05) is 35.3 Å². The maximum absolute atomic E-state index is 12.4. The molecule has 0 spiro atoms. The van der Waals surface area contributed by atoms with Crippen LogP contribution in [-0.4, -0.2) is 12.0 Å². The fourth-order valence-corrected chi connectivity index (χ4v) is 3.27. The molecular formula is C19H19Cl2NO2. The van der Waals surface area contributed by atoms with Crippen molar-refractivity contribution in [2.45, 2.75) is 38.7 Å². The molecule has 1 aliphatic carbocycles. The number of halogens is 2. The molecule has 0 saturated heterocycles. The molecule has 2 aromatic carbocycles. The summed E-state index contributed by atoms with van der Waals surface area (Å²) in [7, 11) is 0. The molecule has 1 N–H and O–H groups in total. The summed E-state index contributed by atoms with van der Waals surface area (Å²) in [6.45, 7) is 1.73. The van der Waals surface area contributed by atoms with Gasteiger partial charge < -0.3 is 10.1 Å². The molecule has 0 radical (unpaired) electrons.